The monoisotopic (exact) mass is 380 g/mol. The molecule has 0 bridgehead atoms. The molecule has 0 spiro atoms. The summed E-state index contributed by atoms with van der Waals surface area (Å²) in [5, 5.41) is 0. The largest absolute Gasteiger partial charge is 0.422 e. The van der Waals surface area contributed by atoms with Gasteiger partial charge in [0.05, 0.1) is 5.60 Å². The van der Waals surface area contributed by atoms with Crippen LogP contribution in [-0.2, 0) is 4.43 Å². The molecule has 0 aromatic carbocycles. The predicted molar refractivity (Wildman–Crippen MR) is 90.4 cm³/mol. The van der Waals surface area contributed by atoms with Crippen molar-refractivity contribution in [3.63, 3.8) is 0 Å². The lowest BCUT2D eigenvalue weighted by Crippen LogP contribution is -2.49. The van der Waals surface area contributed by atoms with Gasteiger partial charge in [0.2, 0.25) is 0 Å². The Labute approximate surface area is 130 Å². The Morgan fingerprint density at radius 1 is 0.889 bits per heavy atom. The number of hydrogen-bond donors (Lipinski definition) is 0. The van der Waals surface area contributed by atoms with E-state index in [1.807, 2.05) is 0 Å². The molecule has 0 aromatic rings. The van der Waals surface area contributed by atoms with E-state index in [0.717, 1.165) is 22.3 Å². The van der Waals surface area contributed by atoms with Crippen molar-refractivity contribution >= 4 is 33.1 Å². The summed E-state index contributed by atoms with van der Waals surface area (Å²) in [5.74, 6) is 1.75. The van der Waals surface area contributed by atoms with Gasteiger partial charge in [-0.1, -0.05) is 61.1 Å². The summed E-state index contributed by atoms with van der Waals surface area (Å²) < 4.78 is 7.66. The topological polar surface area (TPSA) is 9.23 Å². The van der Waals surface area contributed by atoms with E-state index in [2.05, 4.69) is 22.6 Å². The Balaban J connectivity index is 2.13. The van der Waals surface area contributed by atoms with Gasteiger partial charge in [-0.2, -0.15) is 0 Å². The summed E-state index contributed by atoms with van der Waals surface area (Å²) in [7, 11) is 0.924. The maximum absolute atomic E-state index is 6.39. The van der Waals surface area contributed by atoms with Crippen LogP contribution in [0.3, 0.4) is 0 Å². The van der Waals surface area contributed by atoms with Crippen molar-refractivity contribution in [3.8, 4) is 0 Å². The molecular weight excluding hydrogens is 351 g/mol. The Morgan fingerprint density at radius 2 is 1.33 bits per heavy atom. The lowest BCUT2D eigenvalue weighted by atomic mass is 9.65. The average Bonchev–Trinajstić information content (AvgIpc) is 2.47. The number of halogens is 1. The van der Waals surface area contributed by atoms with Gasteiger partial charge in [0, 0.05) is 4.43 Å². The lowest BCUT2D eigenvalue weighted by molar-refractivity contribution is -0.0666. The molecule has 0 aromatic heterocycles. The molecule has 2 fully saturated rings. The fraction of sp³-hybridized carbons (Fsp3) is 1.00. The summed E-state index contributed by atoms with van der Waals surface area (Å²) in [6, 6.07) is 0. The minimum atomic E-state index is 0.286. The Hall–Kier alpha value is 0.907. The zero-order valence-electron chi connectivity index (χ0n) is 11.9. The third kappa shape index (κ3) is 3.32. The first-order chi connectivity index (χ1) is 8.83. The Morgan fingerprint density at radius 3 is 1.67 bits per heavy atom. The highest BCUT2D eigenvalue weighted by Crippen LogP contribution is 2.46. The number of alkyl halides is 1. The minimum absolute atomic E-state index is 0.286. The van der Waals surface area contributed by atoms with E-state index in [1.54, 1.807) is 0 Å². The third-order valence-corrected chi connectivity index (χ3v) is 6.76. The standard InChI is InChI=1S/C15H29IOSi/c16-12-11-15(17-18,13-7-3-1-4-8-13)14-9-5-2-6-10-14/h13-14H,1-12H2,18H3. The van der Waals surface area contributed by atoms with E-state index < -0.39 is 0 Å². The quantitative estimate of drug-likeness (QED) is 0.398. The van der Waals surface area contributed by atoms with Crippen LogP contribution in [0.15, 0.2) is 0 Å². The van der Waals surface area contributed by atoms with Gasteiger partial charge in [0.15, 0.2) is 0 Å². The van der Waals surface area contributed by atoms with Gasteiger partial charge in [-0.3, -0.25) is 0 Å². The highest BCUT2D eigenvalue weighted by molar-refractivity contribution is 14.1. The van der Waals surface area contributed by atoms with Crippen molar-refractivity contribution in [1.29, 1.82) is 0 Å². The van der Waals surface area contributed by atoms with E-state index in [1.165, 1.54) is 75.1 Å². The van der Waals surface area contributed by atoms with Crippen LogP contribution in [0.25, 0.3) is 0 Å². The minimum Gasteiger partial charge on any atom is -0.422 e. The smallest absolute Gasteiger partial charge is 0.146 e. The molecule has 106 valence electrons. The van der Waals surface area contributed by atoms with E-state index in [-0.39, 0.29) is 5.60 Å². The molecule has 0 amide bonds. The second kappa shape index (κ2) is 7.63. The fourth-order valence-electron chi connectivity index (χ4n) is 4.51. The van der Waals surface area contributed by atoms with Gasteiger partial charge in [-0.05, 0) is 43.9 Å². The SMILES string of the molecule is [SiH3]OC(CCI)(C1CCCCC1)C1CCCCC1. The molecule has 2 aliphatic carbocycles. The van der Waals surface area contributed by atoms with Crippen LogP contribution >= 0.6 is 22.6 Å². The average molecular weight is 380 g/mol. The van der Waals surface area contributed by atoms with Crippen molar-refractivity contribution in [3.05, 3.63) is 0 Å². The fourth-order valence-corrected chi connectivity index (χ4v) is 6.22. The summed E-state index contributed by atoms with van der Waals surface area (Å²) in [6.45, 7) is 0. The molecule has 0 aliphatic heterocycles. The third-order valence-electron chi connectivity index (χ3n) is 5.46. The van der Waals surface area contributed by atoms with Crippen LogP contribution in [0.1, 0.15) is 70.6 Å². The number of hydrogen-bond acceptors (Lipinski definition) is 1. The summed E-state index contributed by atoms with van der Waals surface area (Å²) in [4.78, 5) is 0. The molecule has 2 saturated carbocycles. The van der Waals surface area contributed by atoms with E-state index in [9.17, 15) is 0 Å². The van der Waals surface area contributed by atoms with Gasteiger partial charge in [0.25, 0.3) is 0 Å². The second-order valence-electron chi connectivity index (χ2n) is 6.27. The Bertz CT molecular complexity index is 217. The first kappa shape index (κ1) is 15.3. The molecule has 1 nitrogen and oxygen atoms in total. The van der Waals surface area contributed by atoms with Gasteiger partial charge < -0.3 is 4.43 Å². The van der Waals surface area contributed by atoms with Gasteiger partial charge in [0.1, 0.15) is 10.5 Å². The molecule has 0 atom stereocenters. The molecule has 0 radical (unpaired) electrons. The van der Waals surface area contributed by atoms with Crippen LogP contribution in [-0.4, -0.2) is 20.5 Å². The van der Waals surface area contributed by atoms with Crippen molar-refractivity contribution in [2.24, 2.45) is 11.8 Å². The molecule has 2 rings (SSSR count). The van der Waals surface area contributed by atoms with E-state index in [0.29, 0.717) is 0 Å². The molecule has 2 aliphatic rings. The molecule has 3 heteroatoms. The first-order valence-electron chi connectivity index (χ1n) is 7.94. The summed E-state index contributed by atoms with van der Waals surface area (Å²) in [5.41, 5.74) is 0.286. The summed E-state index contributed by atoms with van der Waals surface area (Å²) >= 11 is 2.56. The van der Waals surface area contributed by atoms with Crippen LogP contribution in [0.4, 0.5) is 0 Å². The number of rotatable bonds is 5. The zero-order chi connectivity index (χ0) is 12.8. The van der Waals surface area contributed by atoms with Crippen LogP contribution in [0.2, 0.25) is 0 Å². The highest BCUT2D eigenvalue weighted by atomic mass is 127. The van der Waals surface area contributed by atoms with Crippen molar-refractivity contribution < 1.29 is 4.43 Å². The zero-order valence-corrected chi connectivity index (χ0v) is 16.1. The molecule has 0 saturated heterocycles. The maximum atomic E-state index is 6.39. The van der Waals surface area contributed by atoms with Crippen LogP contribution in [0.5, 0.6) is 0 Å². The lowest BCUT2D eigenvalue weighted by Gasteiger charge is -2.49. The second-order valence-corrected chi connectivity index (χ2v) is 7.75. The van der Waals surface area contributed by atoms with Gasteiger partial charge in [-0.25, -0.2) is 0 Å². The van der Waals surface area contributed by atoms with Gasteiger partial charge >= 0.3 is 0 Å². The van der Waals surface area contributed by atoms with Crippen molar-refractivity contribution in [2.75, 3.05) is 4.43 Å². The van der Waals surface area contributed by atoms with Gasteiger partial charge in [-0.15, -0.1) is 0 Å². The molecule has 0 N–H and O–H groups in total. The van der Waals surface area contributed by atoms with Crippen molar-refractivity contribution in [1.82, 2.24) is 0 Å². The van der Waals surface area contributed by atoms with Crippen LogP contribution < -0.4 is 0 Å². The summed E-state index contributed by atoms with van der Waals surface area (Å²) in [6.07, 6.45) is 15.8. The molecule has 0 unspecified atom stereocenters. The van der Waals surface area contributed by atoms with Crippen LogP contribution in [0, 0.1) is 11.8 Å². The van der Waals surface area contributed by atoms with Crippen molar-refractivity contribution in [2.45, 2.75) is 76.2 Å². The first-order valence-corrected chi connectivity index (χ1v) is 10.3. The normalized spacial score (nSPS) is 24.5. The molecule has 18 heavy (non-hydrogen) atoms. The highest BCUT2D eigenvalue weighted by Gasteiger charge is 2.44. The van der Waals surface area contributed by atoms with E-state index >= 15 is 0 Å². The predicted octanol–water partition coefficient (Wildman–Crippen LogP) is 4.01. The molecule has 0 heterocycles. The Kier molecular flexibility index (Phi) is 6.48. The van der Waals surface area contributed by atoms with E-state index in [4.69, 9.17) is 4.43 Å². The molecular formula is C15H29IOSi. The maximum Gasteiger partial charge on any atom is 0.146 e.